The van der Waals surface area contributed by atoms with Crippen molar-refractivity contribution in [3.63, 3.8) is 0 Å². The predicted octanol–water partition coefficient (Wildman–Crippen LogP) is 3.60. The van der Waals surface area contributed by atoms with Gasteiger partial charge in [0.15, 0.2) is 11.3 Å². The summed E-state index contributed by atoms with van der Waals surface area (Å²) in [7, 11) is 0. The topological polar surface area (TPSA) is 75.4 Å². The smallest absolute Gasteiger partial charge is 0.228 e. The lowest BCUT2D eigenvalue weighted by Gasteiger charge is -2.05. The van der Waals surface area contributed by atoms with Gasteiger partial charge in [-0.15, -0.1) is 0 Å². The summed E-state index contributed by atoms with van der Waals surface area (Å²) in [4.78, 5) is 17.0. The minimum atomic E-state index is -0.151. The van der Waals surface area contributed by atoms with E-state index in [1.807, 2.05) is 19.1 Å². The van der Waals surface area contributed by atoms with Gasteiger partial charge in [0.05, 0.1) is 5.69 Å². The first-order valence-corrected chi connectivity index (χ1v) is 8.89. The maximum Gasteiger partial charge on any atom is 0.228 e. The number of hydrogen-bond donors (Lipinski definition) is 2. The molecule has 0 aliphatic rings. The number of hydrogen-bond acceptors (Lipinski definition) is 5. The lowest BCUT2D eigenvalue weighted by molar-refractivity contribution is 0.101. The number of carbonyl (C=O) groups is 1. The minimum Gasteiger partial charge on any atom is -0.451 e. The van der Waals surface area contributed by atoms with E-state index in [2.05, 4.69) is 26.2 Å². The van der Waals surface area contributed by atoms with E-state index in [9.17, 15) is 4.79 Å². The van der Waals surface area contributed by atoms with Crippen molar-refractivity contribution in [1.29, 1.82) is 0 Å². The summed E-state index contributed by atoms with van der Waals surface area (Å²) in [6.45, 7) is 3.35. The van der Waals surface area contributed by atoms with Gasteiger partial charge in [0.1, 0.15) is 0 Å². The zero-order valence-corrected chi connectivity index (χ0v) is 15.5. The third kappa shape index (κ3) is 3.98. The van der Waals surface area contributed by atoms with Gasteiger partial charge in [-0.3, -0.25) is 9.78 Å². The number of rotatable bonds is 7. The molecule has 5 nitrogen and oxygen atoms in total. The largest absolute Gasteiger partial charge is 0.451 e. The number of ketones is 1. The van der Waals surface area contributed by atoms with Crippen molar-refractivity contribution in [3.8, 4) is 0 Å². The van der Waals surface area contributed by atoms with Gasteiger partial charge < -0.3 is 14.8 Å². The molecule has 130 valence electrons. The third-order valence-electron chi connectivity index (χ3n) is 3.98. The fourth-order valence-electron chi connectivity index (χ4n) is 2.62. The molecular formula is C19H19BrN2O3. The molecule has 0 unspecified atom stereocenters. The van der Waals surface area contributed by atoms with Crippen molar-refractivity contribution in [3.05, 3.63) is 63.6 Å². The summed E-state index contributed by atoms with van der Waals surface area (Å²) >= 11 is 3.37. The van der Waals surface area contributed by atoms with Gasteiger partial charge >= 0.3 is 0 Å². The summed E-state index contributed by atoms with van der Waals surface area (Å²) in [5, 5.41) is 13.0. The van der Waals surface area contributed by atoms with Gasteiger partial charge in [-0.1, -0.05) is 15.9 Å². The first-order chi connectivity index (χ1) is 12.1. The molecule has 0 saturated heterocycles. The Hall–Kier alpha value is -2.02. The van der Waals surface area contributed by atoms with Crippen LogP contribution in [0.5, 0.6) is 0 Å². The molecule has 0 amide bonds. The fourth-order valence-corrected chi connectivity index (χ4v) is 2.89. The Labute approximate surface area is 154 Å². The van der Waals surface area contributed by atoms with Crippen LogP contribution in [0.4, 0.5) is 0 Å². The molecule has 2 N–H and O–H groups in total. The first-order valence-electron chi connectivity index (χ1n) is 8.10. The molecule has 0 spiro atoms. The second-order valence-electron chi connectivity index (χ2n) is 5.81. The van der Waals surface area contributed by atoms with Crippen LogP contribution in [-0.4, -0.2) is 29.0 Å². The zero-order valence-electron chi connectivity index (χ0n) is 13.9. The number of aryl methyl sites for hydroxylation is 1. The summed E-state index contributed by atoms with van der Waals surface area (Å²) in [5.41, 5.74) is 2.94. The molecule has 25 heavy (non-hydrogen) atoms. The van der Waals surface area contributed by atoms with Crippen molar-refractivity contribution in [1.82, 2.24) is 10.3 Å². The van der Waals surface area contributed by atoms with Crippen molar-refractivity contribution < 1.29 is 14.3 Å². The van der Waals surface area contributed by atoms with Crippen LogP contribution in [0.1, 0.15) is 33.8 Å². The summed E-state index contributed by atoms with van der Waals surface area (Å²) < 4.78 is 6.74. The molecule has 3 aromatic rings. The second kappa shape index (κ2) is 7.91. The average Bonchev–Trinajstić information content (AvgIpc) is 3.07. The highest BCUT2D eigenvalue weighted by atomic mass is 79.9. The second-order valence-corrected chi connectivity index (χ2v) is 6.73. The molecule has 0 fully saturated rings. The van der Waals surface area contributed by atoms with Crippen LogP contribution in [0.3, 0.4) is 0 Å². The molecule has 0 aliphatic heterocycles. The van der Waals surface area contributed by atoms with E-state index in [1.54, 1.807) is 24.4 Å². The molecule has 2 heterocycles. The first kappa shape index (κ1) is 17.8. The van der Waals surface area contributed by atoms with Crippen LogP contribution in [-0.2, 0) is 6.54 Å². The van der Waals surface area contributed by atoms with E-state index in [0.717, 1.165) is 21.1 Å². The lowest BCUT2D eigenvalue weighted by atomic mass is 10.1. The summed E-state index contributed by atoms with van der Waals surface area (Å²) in [6.07, 6.45) is 2.49. The normalized spacial score (nSPS) is 11.2. The number of nitrogens with one attached hydrogen (secondary N) is 1. The van der Waals surface area contributed by atoms with Crippen LogP contribution in [0.25, 0.3) is 11.0 Å². The highest BCUT2D eigenvalue weighted by Gasteiger charge is 2.18. The highest BCUT2D eigenvalue weighted by Crippen LogP contribution is 2.26. The van der Waals surface area contributed by atoms with Gasteiger partial charge in [-0.05, 0) is 55.8 Å². The maximum atomic E-state index is 12.7. The van der Waals surface area contributed by atoms with Crippen molar-refractivity contribution in [2.45, 2.75) is 19.9 Å². The number of benzene rings is 1. The number of aromatic nitrogens is 1. The monoisotopic (exact) mass is 402 g/mol. The molecule has 0 radical (unpaired) electrons. The number of fused-ring (bicyclic) bond motifs is 1. The SMILES string of the molecule is Cc1ncc(CNCCCO)c2cc(C(=O)c3ccc(Br)cc3)oc12. The number of nitrogens with zero attached hydrogens (tertiary/aromatic N) is 1. The molecule has 0 saturated carbocycles. The number of pyridine rings is 1. The van der Waals surface area contributed by atoms with Crippen LogP contribution < -0.4 is 5.32 Å². The molecule has 6 heteroatoms. The Balaban J connectivity index is 1.91. The van der Waals surface area contributed by atoms with E-state index in [1.165, 1.54) is 0 Å². The molecule has 3 rings (SSSR count). The van der Waals surface area contributed by atoms with Crippen LogP contribution in [0, 0.1) is 6.92 Å². The number of halogens is 1. The summed E-state index contributed by atoms with van der Waals surface area (Å²) in [6, 6.07) is 8.99. The van der Waals surface area contributed by atoms with E-state index in [0.29, 0.717) is 36.4 Å². The Morgan fingerprint density at radius 2 is 2.08 bits per heavy atom. The van der Waals surface area contributed by atoms with E-state index >= 15 is 0 Å². The average molecular weight is 403 g/mol. The Bertz CT molecular complexity index is 888. The Morgan fingerprint density at radius 1 is 1.32 bits per heavy atom. The Kier molecular flexibility index (Phi) is 5.63. The zero-order chi connectivity index (χ0) is 17.8. The Morgan fingerprint density at radius 3 is 2.80 bits per heavy atom. The van der Waals surface area contributed by atoms with E-state index < -0.39 is 0 Å². The number of aliphatic hydroxyl groups excluding tert-OH is 1. The quantitative estimate of drug-likeness (QED) is 0.466. The standard InChI is InChI=1S/C19H19BrN2O3/c1-12-19-16(14(11-22-12)10-21-7-2-8-23)9-17(25-19)18(24)13-3-5-15(20)6-4-13/h3-6,9,11,21,23H,2,7-8,10H2,1H3. The molecule has 1 aromatic carbocycles. The summed E-state index contributed by atoms with van der Waals surface area (Å²) in [5.74, 6) is 0.160. The number of furan rings is 1. The third-order valence-corrected chi connectivity index (χ3v) is 4.51. The van der Waals surface area contributed by atoms with Crippen molar-refractivity contribution >= 4 is 32.7 Å². The van der Waals surface area contributed by atoms with Gasteiger partial charge in [0.25, 0.3) is 0 Å². The van der Waals surface area contributed by atoms with Gasteiger partial charge in [0, 0.05) is 34.8 Å². The van der Waals surface area contributed by atoms with E-state index in [4.69, 9.17) is 9.52 Å². The molecule has 2 aromatic heterocycles. The van der Waals surface area contributed by atoms with E-state index in [-0.39, 0.29) is 12.4 Å². The number of aliphatic hydroxyl groups is 1. The van der Waals surface area contributed by atoms with Crippen LogP contribution in [0.2, 0.25) is 0 Å². The van der Waals surface area contributed by atoms with Gasteiger partial charge in [0.2, 0.25) is 5.78 Å². The van der Waals surface area contributed by atoms with Gasteiger partial charge in [-0.25, -0.2) is 0 Å². The number of carbonyl (C=O) groups excluding carboxylic acids is 1. The van der Waals surface area contributed by atoms with Gasteiger partial charge in [-0.2, -0.15) is 0 Å². The van der Waals surface area contributed by atoms with Crippen molar-refractivity contribution in [2.24, 2.45) is 0 Å². The van der Waals surface area contributed by atoms with Crippen LogP contribution in [0.15, 0.2) is 45.4 Å². The molecule has 0 atom stereocenters. The molecular weight excluding hydrogens is 384 g/mol. The lowest BCUT2D eigenvalue weighted by Crippen LogP contribution is -2.16. The highest BCUT2D eigenvalue weighted by molar-refractivity contribution is 9.10. The predicted molar refractivity (Wildman–Crippen MR) is 99.7 cm³/mol. The molecule has 0 aliphatic carbocycles. The minimum absolute atomic E-state index is 0.151. The van der Waals surface area contributed by atoms with Crippen LogP contribution >= 0.6 is 15.9 Å². The fraction of sp³-hybridized carbons (Fsp3) is 0.263. The molecule has 0 bridgehead atoms. The van der Waals surface area contributed by atoms with Crippen molar-refractivity contribution in [2.75, 3.05) is 13.2 Å². The maximum absolute atomic E-state index is 12.7.